The Morgan fingerprint density at radius 3 is 2.57 bits per heavy atom. The summed E-state index contributed by atoms with van der Waals surface area (Å²) in [4.78, 5) is 12.0. The molecule has 0 radical (unpaired) electrons. The number of nitrogens with two attached hydrogens (primary N) is 1. The molecule has 0 aromatic heterocycles. The Balaban J connectivity index is 2.18. The molecule has 0 saturated carbocycles. The largest absolute Gasteiger partial charge is 0.496 e. The lowest BCUT2D eigenvalue weighted by Crippen LogP contribution is -2.29. The van der Waals surface area contributed by atoms with E-state index in [0.717, 1.165) is 5.75 Å². The minimum absolute atomic E-state index is 0.219. The molecule has 0 spiro atoms. The van der Waals surface area contributed by atoms with Crippen LogP contribution in [0, 0.1) is 0 Å². The number of hydrogen-bond acceptors (Lipinski definition) is 4. The monoisotopic (exact) mass is 286 g/mol. The number of amides is 1. The van der Waals surface area contributed by atoms with Crippen LogP contribution in [-0.4, -0.2) is 26.1 Å². The van der Waals surface area contributed by atoms with Gasteiger partial charge in [-0.2, -0.15) is 0 Å². The van der Waals surface area contributed by atoms with Crippen LogP contribution in [0.1, 0.15) is 10.4 Å². The molecule has 2 aromatic carbocycles. The van der Waals surface area contributed by atoms with Crippen LogP contribution in [0.15, 0.2) is 48.5 Å². The highest BCUT2D eigenvalue weighted by molar-refractivity contribution is 5.97. The molecule has 5 nitrogen and oxygen atoms in total. The SMILES string of the molecule is COc1cc(Oc2ccccc2)ccc1C(=O)NCCN. The van der Waals surface area contributed by atoms with Crippen LogP contribution in [0.5, 0.6) is 17.2 Å². The summed E-state index contributed by atoms with van der Waals surface area (Å²) in [5.41, 5.74) is 5.82. The second-order valence-corrected chi connectivity index (χ2v) is 4.32. The predicted octanol–water partition coefficient (Wildman–Crippen LogP) is 2.18. The molecule has 0 aliphatic heterocycles. The molecule has 0 bridgehead atoms. The van der Waals surface area contributed by atoms with E-state index in [1.807, 2.05) is 30.3 Å². The zero-order valence-corrected chi connectivity index (χ0v) is 11.8. The summed E-state index contributed by atoms with van der Waals surface area (Å²) < 4.78 is 11.0. The van der Waals surface area contributed by atoms with E-state index in [9.17, 15) is 4.79 Å². The van der Waals surface area contributed by atoms with Crippen molar-refractivity contribution in [2.75, 3.05) is 20.2 Å². The molecule has 3 N–H and O–H groups in total. The van der Waals surface area contributed by atoms with E-state index in [4.69, 9.17) is 15.2 Å². The molecule has 0 saturated heterocycles. The van der Waals surface area contributed by atoms with Gasteiger partial charge in [-0.3, -0.25) is 4.79 Å². The van der Waals surface area contributed by atoms with Crippen LogP contribution in [0.25, 0.3) is 0 Å². The van der Waals surface area contributed by atoms with Crippen LogP contribution in [0.3, 0.4) is 0 Å². The average Bonchev–Trinajstić information content (AvgIpc) is 2.53. The molecule has 0 atom stereocenters. The van der Waals surface area contributed by atoms with E-state index in [2.05, 4.69) is 5.32 Å². The van der Waals surface area contributed by atoms with Crippen molar-refractivity contribution in [3.63, 3.8) is 0 Å². The predicted molar refractivity (Wildman–Crippen MR) is 80.9 cm³/mol. The Morgan fingerprint density at radius 2 is 1.90 bits per heavy atom. The number of nitrogens with one attached hydrogen (secondary N) is 1. The van der Waals surface area contributed by atoms with Gasteiger partial charge in [0.2, 0.25) is 0 Å². The van der Waals surface area contributed by atoms with Crippen LogP contribution in [-0.2, 0) is 0 Å². The number of rotatable bonds is 6. The lowest BCUT2D eigenvalue weighted by atomic mass is 10.1. The van der Waals surface area contributed by atoms with Crippen molar-refractivity contribution in [3.8, 4) is 17.2 Å². The van der Waals surface area contributed by atoms with Gasteiger partial charge in [-0.05, 0) is 24.3 Å². The minimum Gasteiger partial charge on any atom is -0.496 e. The van der Waals surface area contributed by atoms with Gasteiger partial charge in [0.25, 0.3) is 5.91 Å². The topological polar surface area (TPSA) is 73.6 Å². The lowest BCUT2D eigenvalue weighted by molar-refractivity contribution is 0.0951. The molecule has 0 heterocycles. The zero-order chi connectivity index (χ0) is 15.1. The van der Waals surface area contributed by atoms with Crippen LogP contribution in [0.2, 0.25) is 0 Å². The number of para-hydroxylation sites is 1. The van der Waals surface area contributed by atoms with Crippen molar-refractivity contribution in [3.05, 3.63) is 54.1 Å². The fourth-order valence-corrected chi connectivity index (χ4v) is 1.83. The summed E-state index contributed by atoms with van der Waals surface area (Å²) in [6.45, 7) is 0.813. The van der Waals surface area contributed by atoms with Gasteiger partial charge in [0.1, 0.15) is 17.2 Å². The minimum atomic E-state index is -0.219. The second-order valence-electron chi connectivity index (χ2n) is 4.32. The molecule has 0 aliphatic rings. The van der Waals surface area contributed by atoms with Gasteiger partial charge in [-0.15, -0.1) is 0 Å². The maximum absolute atomic E-state index is 12.0. The summed E-state index contributed by atoms with van der Waals surface area (Å²) >= 11 is 0. The quantitative estimate of drug-likeness (QED) is 0.853. The molecule has 1 amide bonds. The first-order chi connectivity index (χ1) is 10.2. The highest BCUT2D eigenvalue weighted by Gasteiger charge is 2.13. The summed E-state index contributed by atoms with van der Waals surface area (Å²) in [5.74, 6) is 1.56. The smallest absolute Gasteiger partial charge is 0.255 e. The first-order valence-electron chi connectivity index (χ1n) is 6.64. The highest BCUT2D eigenvalue weighted by atomic mass is 16.5. The lowest BCUT2D eigenvalue weighted by Gasteiger charge is -2.11. The molecule has 0 unspecified atom stereocenters. The Bertz CT molecular complexity index is 600. The zero-order valence-electron chi connectivity index (χ0n) is 11.8. The van der Waals surface area contributed by atoms with Gasteiger partial charge in [0, 0.05) is 19.2 Å². The van der Waals surface area contributed by atoms with Gasteiger partial charge in [-0.1, -0.05) is 18.2 Å². The first kappa shape index (κ1) is 14.9. The van der Waals surface area contributed by atoms with Crippen molar-refractivity contribution in [2.24, 2.45) is 5.73 Å². The van der Waals surface area contributed by atoms with E-state index in [1.165, 1.54) is 7.11 Å². The standard InChI is InChI=1S/C16H18N2O3/c1-20-15-11-13(21-12-5-3-2-4-6-12)7-8-14(15)16(19)18-10-9-17/h2-8,11H,9-10,17H2,1H3,(H,18,19). The van der Waals surface area contributed by atoms with Crippen molar-refractivity contribution in [1.29, 1.82) is 0 Å². The molecule has 110 valence electrons. The summed E-state index contributed by atoms with van der Waals surface area (Å²) in [6, 6.07) is 14.5. The third-order valence-corrected chi connectivity index (χ3v) is 2.83. The Morgan fingerprint density at radius 1 is 1.14 bits per heavy atom. The van der Waals surface area contributed by atoms with E-state index in [0.29, 0.717) is 30.2 Å². The van der Waals surface area contributed by atoms with E-state index in [-0.39, 0.29) is 5.91 Å². The number of methoxy groups -OCH3 is 1. The maximum Gasteiger partial charge on any atom is 0.255 e. The Labute approximate surface area is 123 Å². The summed E-state index contributed by atoms with van der Waals surface area (Å²) in [5, 5.41) is 2.71. The van der Waals surface area contributed by atoms with E-state index in [1.54, 1.807) is 18.2 Å². The molecule has 0 fully saturated rings. The molecule has 5 heteroatoms. The van der Waals surface area contributed by atoms with Gasteiger partial charge in [-0.25, -0.2) is 0 Å². The van der Waals surface area contributed by atoms with Gasteiger partial charge in [0.05, 0.1) is 12.7 Å². The van der Waals surface area contributed by atoms with Crippen LogP contribution >= 0.6 is 0 Å². The molecule has 21 heavy (non-hydrogen) atoms. The third-order valence-electron chi connectivity index (χ3n) is 2.83. The number of carbonyl (C=O) groups is 1. The van der Waals surface area contributed by atoms with E-state index < -0.39 is 0 Å². The second kappa shape index (κ2) is 7.31. The summed E-state index contributed by atoms with van der Waals surface area (Å²) in [7, 11) is 1.52. The fourth-order valence-electron chi connectivity index (χ4n) is 1.83. The van der Waals surface area contributed by atoms with E-state index >= 15 is 0 Å². The number of ether oxygens (including phenoxy) is 2. The maximum atomic E-state index is 12.0. The van der Waals surface area contributed by atoms with Crippen molar-refractivity contribution in [2.45, 2.75) is 0 Å². The third kappa shape index (κ3) is 3.97. The Kier molecular flexibility index (Phi) is 5.17. The fraction of sp³-hybridized carbons (Fsp3) is 0.188. The van der Waals surface area contributed by atoms with Crippen molar-refractivity contribution in [1.82, 2.24) is 5.32 Å². The molecule has 2 rings (SSSR count). The van der Waals surface area contributed by atoms with Crippen molar-refractivity contribution < 1.29 is 14.3 Å². The Hall–Kier alpha value is -2.53. The number of carbonyl (C=O) groups excluding carboxylic acids is 1. The molecular weight excluding hydrogens is 268 g/mol. The molecule has 0 aliphatic carbocycles. The van der Waals surface area contributed by atoms with Crippen molar-refractivity contribution >= 4 is 5.91 Å². The van der Waals surface area contributed by atoms with Gasteiger partial charge in [0.15, 0.2) is 0 Å². The average molecular weight is 286 g/mol. The van der Waals surface area contributed by atoms with Gasteiger partial charge >= 0.3 is 0 Å². The molecular formula is C16H18N2O3. The first-order valence-corrected chi connectivity index (χ1v) is 6.64. The van der Waals surface area contributed by atoms with Crippen LogP contribution in [0.4, 0.5) is 0 Å². The highest BCUT2D eigenvalue weighted by Crippen LogP contribution is 2.28. The molecule has 2 aromatic rings. The van der Waals surface area contributed by atoms with Gasteiger partial charge < -0.3 is 20.5 Å². The van der Waals surface area contributed by atoms with Crippen LogP contribution < -0.4 is 20.5 Å². The normalized spacial score (nSPS) is 10.0. The summed E-state index contributed by atoms with van der Waals surface area (Å²) in [6.07, 6.45) is 0. The number of hydrogen-bond donors (Lipinski definition) is 2. The number of benzene rings is 2.